The van der Waals surface area contributed by atoms with Crippen molar-refractivity contribution in [3.63, 3.8) is 0 Å². The number of rotatable bonds is 7. The van der Waals surface area contributed by atoms with Gasteiger partial charge >= 0.3 is 0 Å². The third-order valence-electron chi connectivity index (χ3n) is 5.36. The summed E-state index contributed by atoms with van der Waals surface area (Å²) in [4.78, 5) is 16.6. The highest BCUT2D eigenvalue weighted by atomic mass is 16.5. The molecule has 25 heavy (non-hydrogen) atoms. The number of aliphatic hydroxyl groups is 1. The van der Waals surface area contributed by atoms with E-state index in [0.717, 1.165) is 63.4 Å². The number of nitrogens with zero attached hydrogens (tertiary/aromatic N) is 2. The van der Waals surface area contributed by atoms with Crippen molar-refractivity contribution in [3.8, 4) is 0 Å². The number of benzene rings is 1. The van der Waals surface area contributed by atoms with Gasteiger partial charge in [-0.3, -0.25) is 9.69 Å². The molecule has 2 aliphatic rings. The van der Waals surface area contributed by atoms with Gasteiger partial charge in [0.25, 0.3) is 0 Å². The maximum Gasteiger partial charge on any atom is 0.227 e. The quantitative estimate of drug-likeness (QED) is 0.695. The molecule has 2 atom stereocenters. The number of hydrogen-bond donors (Lipinski definition) is 2. The van der Waals surface area contributed by atoms with Crippen LogP contribution >= 0.6 is 0 Å². The van der Waals surface area contributed by atoms with Gasteiger partial charge in [-0.1, -0.05) is 18.2 Å². The van der Waals surface area contributed by atoms with Crippen LogP contribution < -0.4 is 5.73 Å². The van der Waals surface area contributed by atoms with E-state index in [4.69, 9.17) is 10.5 Å². The Morgan fingerprint density at radius 1 is 1.28 bits per heavy atom. The van der Waals surface area contributed by atoms with E-state index >= 15 is 0 Å². The highest BCUT2D eigenvalue weighted by Gasteiger charge is 2.35. The first-order chi connectivity index (χ1) is 12.1. The predicted octanol–water partition coefficient (Wildman–Crippen LogP) is 0.327. The zero-order valence-corrected chi connectivity index (χ0v) is 15.0. The van der Waals surface area contributed by atoms with Crippen LogP contribution in [0.25, 0.3) is 0 Å². The van der Waals surface area contributed by atoms with Crippen molar-refractivity contribution in [2.75, 3.05) is 46.4 Å². The Kier molecular flexibility index (Phi) is 6.06. The molecule has 6 heteroatoms. The zero-order valence-electron chi connectivity index (χ0n) is 15.0. The van der Waals surface area contributed by atoms with Gasteiger partial charge in [0.1, 0.15) is 0 Å². The van der Waals surface area contributed by atoms with Crippen LogP contribution in [0, 0.1) is 0 Å². The molecule has 0 aromatic heterocycles. The maximum absolute atomic E-state index is 11.7. The van der Waals surface area contributed by atoms with E-state index in [-0.39, 0.29) is 0 Å². The van der Waals surface area contributed by atoms with Gasteiger partial charge in [-0.15, -0.1) is 0 Å². The number of nitrogens with two attached hydrogens (primary N) is 1. The van der Waals surface area contributed by atoms with Crippen molar-refractivity contribution in [2.24, 2.45) is 5.73 Å². The second-order valence-electron chi connectivity index (χ2n) is 7.15. The summed E-state index contributed by atoms with van der Waals surface area (Å²) < 4.78 is 5.11. The van der Waals surface area contributed by atoms with Crippen LogP contribution in [0.5, 0.6) is 0 Å². The summed E-state index contributed by atoms with van der Waals surface area (Å²) in [6, 6.07) is 6.21. The molecular formula is C19H29N3O3. The number of hydrogen-bond acceptors (Lipinski definition) is 5. The van der Waals surface area contributed by atoms with E-state index in [1.165, 1.54) is 5.56 Å². The Hall–Kier alpha value is -1.47. The fourth-order valence-corrected chi connectivity index (χ4v) is 3.97. The molecule has 1 amide bonds. The lowest BCUT2D eigenvalue weighted by Gasteiger charge is -2.34. The molecule has 0 saturated carbocycles. The van der Waals surface area contributed by atoms with Crippen LogP contribution in [-0.2, 0) is 22.5 Å². The van der Waals surface area contributed by atoms with E-state index in [0.29, 0.717) is 6.42 Å². The number of carbonyl (C=O) groups excluding carboxylic acids is 1. The Bertz CT molecular complexity index is 600. The van der Waals surface area contributed by atoms with Gasteiger partial charge in [0.05, 0.1) is 12.0 Å². The van der Waals surface area contributed by atoms with Gasteiger partial charge in [-0.2, -0.15) is 0 Å². The Morgan fingerprint density at radius 3 is 2.68 bits per heavy atom. The molecule has 1 fully saturated rings. The summed E-state index contributed by atoms with van der Waals surface area (Å²) in [5.41, 5.74) is 8.62. The van der Waals surface area contributed by atoms with E-state index in [2.05, 4.69) is 21.9 Å². The number of carbonyl (C=O) groups is 1. The van der Waals surface area contributed by atoms with Crippen LogP contribution in [0.3, 0.4) is 0 Å². The highest BCUT2D eigenvalue weighted by molar-refractivity contribution is 5.84. The monoisotopic (exact) mass is 347 g/mol. The van der Waals surface area contributed by atoms with Gasteiger partial charge in [0.2, 0.25) is 5.91 Å². The summed E-state index contributed by atoms with van der Waals surface area (Å²) in [5, 5.41) is 10.1. The van der Waals surface area contributed by atoms with Gasteiger partial charge in [0.15, 0.2) is 0 Å². The van der Waals surface area contributed by atoms with Crippen molar-refractivity contribution in [1.82, 2.24) is 9.80 Å². The Balaban J connectivity index is 1.56. The maximum atomic E-state index is 11.7. The van der Waals surface area contributed by atoms with Crippen LogP contribution in [0.2, 0.25) is 0 Å². The average Bonchev–Trinajstić information content (AvgIpc) is 2.92. The molecule has 0 unspecified atom stereocenters. The minimum atomic E-state index is -0.682. The molecule has 1 aliphatic heterocycles. The van der Waals surface area contributed by atoms with Gasteiger partial charge in [-0.05, 0) is 29.5 Å². The van der Waals surface area contributed by atoms with E-state index < -0.39 is 17.9 Å². The standard InChI is InChI=1S/C19H29N3O3/c1-25-10-2-5-21-6-8-22(9-7-21)13-14-3-4-15-12-17(23)18(19(20)24)16(15)11-14/h3-4,11,17-18,23H,2,5-10,12-13H2,1H3,(H2,20,24)/t17-,18-/m1/s1. The van der Waals surface area contributed by atoms with E-state index in [9.17, 15) is 9.90 Å². The Labute approximate surface area is 149 Å². The first-order valence-electron chi connectivity index (χ1n) is 9.11. The molecule has 1 aromatic rings. The number of aliphatic hydroxyl groups excluding tert-OH is 1. The third kappa shape index (κ3) is 4.39. The van der Waals surface area contributed by atoms with E-state index in [1.54, 1.807) is 7.11 Å². The summed E-state index contributed by atoms with van der Waals surface area (Å²) in [7, 11) is 1.75. The number of piperazine rings is 1. The molecular weight excluding hydrogens is 318 g/mol. The predicted molar refractivity (Wildman–Crippen MR) is 96.3 cm³/mol. The molecule has 1 heterocycles. The van der Waals surface area contributed by atoms with Crippen LogP contribution in [0.4, 0.5) is 0 Å². The first-order valence-corrected chi connectivity index (χ1v) is 9.11. The lowest BCUT2D eigenvalue weighted by Crippen LogP contribution is -2.46. The molecule has 1 aromatic carbocycles. The summed E-state index contributed by atoms with van der Waals surface area (Å²) in [5.74, 6) is -0.999. The van der Waals surface area contributed by atoms with Crippen molar-refractivity contribution < 1.29 is 14.6 Å². The minimum absolute atomic E-state index is 0.437. The van der Waals surface area contributed by atoms with Gasteiger partial charge in [0, 0.05) is 53.0 Å². The summed E-state index contributed by atoms with van der Waals surface area (Å²) in [6.07, 6.45) is 0.917. The second kappa shape index (κ2) is 8.27. The molecule has 138 valence electrons. The summed E-state index contributed by atoms with van der Waals surface area (Å²) in [6.45, 7) is 7.05. The fraction of sp³-hybridized carbons (Fsp3) is 0.632. The molecule has 3 rings (SSSR count). The largest absolute Gasteiger partial charge is 0.392 e. The van der Waals surface area contributed by atoms with Gasteiger partial charge in [-0.25, -0.2) is 0 Å². The molecule has 0 radical (unpaired) electrons. The SMILES string of the molecule is COCCCN1CCN(Cc2ccc3c(c2)[C@@H](C(N)=O)[C@H](O)C3)CC1. The Morgan fingerprint density at radius 2 is 2.00 bits per heavy atom. The molecule has 0 spiro atoms. The summed E-state index contributed by atoms with van der Waals surface area (Å²) >= 11 is 0. The molecule has 6 nitrogen and oxygen atoms in total. The molecule has 1 aliphatic carbocycles. The number of methoxy groups -OCH3 is 1. The molecule has 3 N–H and O–H groups in total. The molecule has 1 saturated heterocycles. The lowest BCUT2D eigenvalue weighted by atomic mass is 9.97. The molecule has 0 bridgehead atoms. The number of amides is 1. The van der Waals surface area contributed by atoms with Crippen molar-refractivity contribution in [1.29, 1.82) is 0 Å². The number of primary amides is 1. The smallest absolute Gasteiger partial charge is 0.227 e. The zero-order chi connectivity index (χ0) is 17.8. The van der Waals surface area contributed by atoms with Crippen molar-refractivity contribution in [2.45, 2.75) is 31.4 Å². The third-order valence-corrected chi connectivity index (χ3v) is 5.36. The lowest BCUT2D eigenvalue weighted by molar-refractivity contribution is -0.121. The number of fused-ring (bicyclic) bond motifs is 1. The first kappa shape index (κ1) is 18.3. The average molecular weight is 347 g/mol. The van der Waals surface area contributed by atoms with Gasteiger partial charge < -0.3 is 20.5 Å². The highest BCUT2D eigenvalue weighted by Crippen LogP contribution is 2.34. The minimum Gasteiger partial charge on any atom is -0.392 e. The topological polar surface area (TPSA) is 79.0 Å². The van der Waals surface area contributed by atoms with Crippen LogP contribution in [-0.4, -0.2) is 73.4 Å². The normalized spacial score (nSPS) is 24.4. The fourth-order valence-electron chi connectivity index (χ4n) is 3.97. The van der Waals surface area contributed by atoms with Crippen LogP contribution in [0.1, 0.15) is 29.0 Å². The second-order valence-corrected chi connectivity index (χ2v) is 7.15. The van der Waals surface area contributed by atoms with Crippen molar-refractivity contribution >= 4 is 5.91 Å². The van der Waals surface area contributed by atoms with E-state index in [1.807, 2.05) is 6.07 Å². The van der Waals surface area contributed by atoms with Crippen molar-refractivity contribution in [3.05, 3.63) is 34.9 Å². The number of ether oxygens (including phenoxy) is 1. The van der Waals surface area contributed by atoms with Crippen LogP contribution in [0.15, 0.2) is 18.2 Å².